The molecule has 1 N–H and O–H groups in total. The number of rotatable bonds is 8. The molecule has 0 amide bonds. The van der Waals surface area contributed by atoms with Crippen LogP contribution in [-0.2, 0) is 20.6 Å². The maximum absolute atomic E-state index is 14.9. The molecule has 2 heterocycles. The zero-order valence-electron chi connectivity index (χ0n) is 18.7. The molecule has 0 aliphatic heterocycles. The van der Waals surface area contributed by atoms with Crippen molar-refractivity contribution < 1.29 is 4.39 Å². The fraction of sp³-hybridized carbons (Fsp3) is 0.522. The summed E-state index contributed by atoms with van der Waals surface area (Å²) >= 11 is 0. The summed E-state index contributed by atoms with van der Waals surface area (Å²) in [6.07, 6.45) is 11.3. The van der Waals surface area contributed by atoms with Gasteiger partial charge in [0.15, 0.2) is 11.2 Å². The van der Waals surface area contributed by atoms with Gasteiger partial charge in [-0.3, -0.25) is 13.9 Å². The van der Waals surface area contributed by atoms with E-state index < -0.39 is 11.2 Å². The summed E-state index contributed by atoms with van der Waals surface area (Å²) < 4.78 is 19.1. The fourth-order valence-electron chi connectivity index (χ4n) is 4.18. The number of hydrogen-bond acceptors (Lipinski definition) is 4. The lowest BCUT2D eigenvalue weighted by molar-refractivity contribution is 0.459. The number of anilines is 1. The van der Waals surface area contributed by atoms with Crippen molar-refractivity contribution in [1.29, 1.82) is 0 Å². The van der Waals surface area contributed by atoms with Crippen LogP contribution in [0.25, 0.3) is 11.2 Å². The molecule has 1 aliphatic rings. The molecule has 0 radical (unpaired) electrons. The van der Waals surface area contributed by atoms with Crippen LogP contribution in [0.1, 0.15) is 51.9 Å². The number of aryl methyl sites for hydroxylation is 1. The number of nitrogens with one attached hydrogen (secondary N) is 1. The third kappa shape index (κ3) is 4.73. The topological polar surface area (TPSA) is 73.8 Å². The first-order chi connectivity index (χ1) is 14.9. The third-order valence-electron chi connectivity index (χ3n) is 5.90. The molecule has 1 saturated carbocycles. The molecule has 0 saturated heterocycles. The standard InChI is InChI=1S/C23H32FN5O2/c1-5-7-14-18(24)16(11-6-2)15-29-19-20(27(3)23(31)28(4)21(19)30)26-22(29)25-17-12-9-8-10-13-17/h5,7,14,17H,1,6,8-13,15H2,2-4H3,(H,25,26)/b14-7-,18-16-. The Morgan fingerprint density at radius 2 is 1.94 bits per heavy atom. The molecule has 7 nitrogen and oxygen atoms in total. The van der Waals surface area contributed by atoms with E-state index in [0.29, 0.717) is 29.1 Å². The minimum absolute atomic E-state index is 0.181. The molecule has 0 spiro atoms. The van der Waals surface area contributed by atoms with Crippen molar-refractivity contribution in [2.45, 2.75) is 64.5 Å². The molecule has 2 aromatic heterocycles. The Labute approximate surface area is 181 Å². The predicted octanol–water partition coefficient (Wildman–Crippen LogP) is 3.94. The van der Waals surface area contributed by atoms with E-state index in [4.69, 9.17) is 0 Å². The predicted molar refractivity (Wildman–Crippen MR) is 123 cm³/mol. The van der Waals surface area contributed by atoms with Crippen LogP contribution >= 0.6 is 0 Å². The number of halogens is 1. The number of aromatic nitrogens is 4. The first kappa shape index (κ1) is 22.8. The second-order valence-corrected chi connectivity index (χ2v) is 8.18. The van der Waals surface area contributed by atoms with Crippen molar-refractivity contribution >= 4 is 17.1 Å². The van der Waals surface area contributed by atoms with Gasteiger partial charge in [-0.25, -0.2) is 9.18 Å². The Balaban J connectivity index is 2.19. The molecule has 0 atom stereocenters. The number of nitrogens with zero attached hydrogens (tertiary/aromatic N) is 4. The van der Waals surface area contributed by atoms with Crippen LogP contribution in [0.5, 0.6) is 0 Å². The van der Waals surface area contributed by atoms with Gasteiger partial charge >= 0.3 is 5.69 Å². The number of allylic oxidation sites excluding steroid dienone is 5. The molecule has 3 rings (SSSR count). The summed E-state index contributed by atoms with van der Waals surface area (Å²) in [6.45, 7) is 5.76. The van der Waals surface area contributed by atoms with Crippen molar-refractivity contribution in [3.63, 3.8) is 0 Å². The quantitative estimate of drug-likeness (QED) is 0.645. The van der Waals surface area contributed by atoms with Crippen LogP contribution in [0.3, 0.4) is 0 Å². The van der Waals surface area contributed by atoms with E-state index in [2.05, 4.69) is 16.9 Å². The average molecular weight is 430 g/mol. The molecule has 8 heteroatoms. The number of fused-ring (bicyclic) bond motifs is 1. The Kier molecular flexibility index (Phi) is 7.30. The number of imidazole rings is 1. The second-order valence-electron chi connectivity index (χ2n) is 8.18. The van der Waals surface area contributed by atoms with E-state index in [1.54, 1.807) is 17.7 Å². The molecule has 168 valence electrons. The summed E-state index contributed by atoms with van der Waals surface area (Å²) in [7, 11) is 3.05. The summed E-state index contributed by atoms with van der Waals surface area (Å²) in [5, 5.41) is 3.47. The van der Waals surface area contributed by atoms with Gasteiger partial charge < -0.3 is 9.88 Å². The molecule has 31 heavy (non-hydrogen) atoms. The van der Waals surface area contributed by atoms with Gasteiger partial charge in [0.2, 0.25) is 5.95 Å². The van der Waals surface area contributed by atoms with E-state index >= 15 is 0 Å². The van der Waals surface area contributed by atoms with Crippen molar-refractivity contribution in [3.05, 3.63) is 57.0 Å². The van der Waals surface area contributed by atoms with Gasteiger partial charge in [0.25, 0.3) is 5.56 Å². The summed E-state index contributed by atoms with van der Waals surface area (Å²) in [4.78, 5) is 30.1. The van der Waals surface area contributed by atoms with Crippen LogP contribution in [0.2, 0.25) is 0 Å². The van der Waals surface area contributed by atoms with E-state index in [-0.39, 0.29) is 18.4 Å². The molecular weight excluding hydrogens is 397 g/mol. The Morgan fingerprint density at radius 3 is 2.58 bits per heavy atom. The van der Waals surface area contributed by atoms with Gasteiger partial charge in [0.05, 0.1) is 6.54 Å². The maximum Gasteiger partial charge on any atom is 0.332 e. The van der Waals surface area contributed by atoms with Crippen LogP contribution in [0.4, 0.5) is 10.3 Å². The molecule has 0 bridgehead atoms. The molecule has 2 aromatic rings. The normalized spacial score (nSPS) is 16.1. The van der Waals surface area contributed by atoms with Crippen LogP contribution < -0.4 is 16.6 Å². The summed E-state index contributed by atoms with van der Waals surface area (Å²) in [6, 6.07) is 0.245. The maximum atomic E-state index is 14.9. The van der Waals surface area contributed by atoms with Crippen LogP contribution in [0, 0.1) is 0 Å². The largest absolute Gasteiger partial charge is 0.353 e. The molecule has 0 aromatic carbocycles. The van der Waals surface area contributed by atoms with E-state index in [1.165, 1.54) is 30.2 Å². The Hall–Kier alpha value is -2.90. The highest BCUT2D eigenvalue weighted by Crippen LogP contribution is 2.26. The van der Waals surface area contributed by atoms with E-state index in [9.17, 15) is 14.0 Å². The van der Waals surface area contributed by atoms with E-state index in [1.807, 2.05) is 6.92 Å². The molecule has 1 fully saturated rings. The van der Waals surface area contributed by atoms with Crippen molar-refractivity contribution in [2.75, 3.05) is 5.32 Å². The highest BCUT2D eigenvalue weighted by atomic mass is 19.1. The minimum atomic E-state index is -0.434. The first-order valence-corrected chi connectivity index (χ1v) is 11.0. The lowest BCUT2D eigenvalue weighted by Gasteiger charge is -2.24. The fourth-order valence-corrected chi connectivity index (χ4v) is 4.18. The summed E-state index contributed by atoms with van der Waals surface area (Å²) in [5.41, 5.74) is 0.319. The smallest absolute Gasteiger partial charge is 0.332 e. The molecule has 0 unspecified atom stereocenters. The minimum Gasteiger partial charge on any atom is -0.353 e. The number of hydrogen-bond donors (Lipinski definition) is 1. The van der Waals surface area contributed by atoms with Crippen molar-refractivity contribution in [2.24, 2.45) is 14.1 Å². The Morgan fingerprint density at radius 1 is 1.23 bits per heavy atom. The highest BCUT2D eigenvalue weighted by molar-refractivity contribution is 5.74. The highest BCUT2D eigenvalue weighted by Gasteiger charge is 2.23. The van der Waals surface area contributed by atoms with Crippen molar-refractivity contribution in [3.8, 4) is 0 Å². The van der Waals surface area contributed by atoms with Crippen LogP contribution in [-0.4, -0.2) is 24.7 Å². The first-order valence-electron chi connectivity index (χ1n) is 11.0. The summed E-state index contributed by atoms with van der Waals surface area (Å²) in [5.74, 6) is 0.170. The van der Waals surface area contributed by atoms with Crippen molar-refractivity contribution in [1.82, 2.24) is 18.7 Å². The average Bonchev–Trinajstić information content (AvgIpc) is 3.12. The van der Waals surface area contributed by atoms with Crippen LogP contribution in [0.15, 0.2) is 45.8 Å². The lowest BCUT2D eigenvalue weighted by atomic mass is 9.96. The van der Waals surface area contributed by atoms with Gasteiger partial charge in [0, 0.05) is 20.1 Å². The third-order valence-corrected chi connectivity index (χ3v) is 5.90. The van der Waals surface area contributed by atoms with Gasteiger partial charge in [-0.05, 0) is 30.9 Å². The van der Waals surface area contributed by atoms with Gasteiger partial charge in [-0.2, -0.15) is 4.98 Å². The van der Waals surface area contributed by atoms with Gasteiger partial charge in [0.1, 0.15) is 5.83 Å². The zero-order chi connectivity index (χ0) is 22.5. The zero-order valence-corrected chi connectivity index (χ0v) is 18.7. The SMILES string of the molecule is C=C/C=C\C(F)=C(/CCC)Cn1c(NC2CCCCC2)nc2c1c(=O)n(C)c(=O)n2C. The van der Waals surface area contributed by atoms with Gasteiger partial charge in [-0.1, -0.05) is 51.3 Å². The Bertz CT molecular complexity index is 1130. The monoisotopic (exact) mass is 429 g/mol. The lowest BCUT2D eigenvalue weighted by Crippen LogP contribution is -2.37. The van der Waals surface area contributed by atoms with Gasteiger partial charge in [-0.15, -0.1) is 0 Å². The molecular formula is C23H32FN5O2. The van der Waals surface area contributed by atoms with E-state index in [0.717, 1.165) is 36.7 Å². The molecule has 1 aliphatic carbocycles. The second kappa shape index (κ2) is 9.94.